The Morgan fingerprint density at radius 3 is 2.19 bits per heavy atom. The summed E-state index contributed by atoms with van der Waals surface area (Å²) in [6.45, 7) is 4.00. The van der Waals surface area contributed by atoms with Crippen molar-refractivity contribution < 1.29 is 4.79 Å². The number of rotatable bonds is 5. The number of benzene rings is 3. The minimum Gasteiger partial charge on any atom is -0.325 e. The number of nitrogens with zero attached hydrogens (tertiary/aromatic N) is 2. The van der Waals surface area contributed by atoms with Crippen LogP contribution in [0.15, 0.2) is 88.5 Å². The Kier molecular flexibility index (Phi) is 5.54. The molecule has 1 aromatic heterocycles. The van der Waals surface area contributed by atoms with Gasteiger partial charge in [0.25, 0.3) is 5.56 Å². The zero-order chi connectivity index (χ0) is 22.0. The van der Waals surface area contributed by atoms with Gasteiger partial charge in [0.2, 0.25) is 5.91 Å². The lowest BCUT2D eigenvalue weighted by atomic mass is 10.0. The molecule has 0 aliphatic rings. The highest BCUT2D eigenvalue weighted by molar-refractivity contribution is 5.91. The molecular weight excluding hydrogens is 390 g/mol. The molecule has 1 N–H and O–H groups in total. The van der Waals surface area contributed by atoms with Crippen LogP contribution in [-0.4, -0.2) is 15.0 Å². The predicted octanol–water partition coefficient (Wildman–Crippen LogP) is 3.91. The van der Waals surface area contributed by atoms with Crippen LogP contribution in [0.25, 0.3) is 16.6 Å². The molecule has 6 heteroatoms. The van der Waals surface area contributed by atoms with Crippen LogP contribution in [0.1, 0.15) is 25.3 Å². The Balaban J connectivity index is 1.74. The summed E-state index contributed by atoms with van der Waals surface area (Å²) in [5.74, 6) is 0.0524. The summed E-state index contributed by atoms with van der Waals surface area (Å²) in [5.41, 5.74) is 1.75. The maximum absolute atomic E-state index is 13.3. The predicted molar refractivity (Wildman–Crippen MR) is 123 cm³/mol. The number of fused-ring (bicyclic) bond motifs is 1. The number of para-hydroxylation sites is 2. The molecule has 4 aromatic rings. The molecular formula is C25H23N3O3. The number of hydrogen-bond donors (Lipinski definition) is 1. The fourth-order valence-corrected chi connectivity index (χ4v) is 3.57. The van der Waals surface area contributed by atoms with Gasteiger partial charge in [-0.05, 0) is 47.9 Å². The third kappa shape index (κ3) is 4.05. The summed E-state index contributed by atoms with van der Waals surface area (Å²) in [6, 6.07) is 23.2. The quantitative estimate of drug-likeness (QED) is 0.539. The van der Waals surface area contributed by atoms with Gasteiger partial charge in [0.05, 0.1) is 16.6 Å². The maximum Gasteiger partial charge on any atom is 0.336 e. The first-order chi connectivity index (χ1) is 15.0. The molecule has 0 atom stereocenters. The normalized spacial score (nSPS) is 11.1. The van der Waals surface area contributed by atoms with Crippen LogP contribution in [0, 0.1) is 0 Å². The van der Waals surface area contributed by atoms with Crippen LogP contribution in [-0.2, 0) is 11.3 Å². The molecule has 1 amide bonds. The molecule has 0 saturated carbocycles. The highest BCUT2D eigenvalue weighted by atomic mass is 16.2. The Morgan fingerprint density at radius 1 is 0.871 bits per heavy atom. The van der Waals surface area contributed by atoms with Gasteiger partial charge in [-0.2, -0.15) is 0 Å². The van der Waals surface area contributed by atoms with Gasteiger partial charge >= 0.3 is 5.69 Å². The third-order valence-corrected chi connectivity index (χ3v) is 5.23. The molecule has 0 spiro atoms. The van der Waals surface area contributed by atoms with Crippen LogP contribution in [0.3, 0.4) is 0 Å². The Hall–Kier alpha value is -3.93. The van der Waals surface area contributed by atoms with Gasteiger partial charge in [-0.1, -0.05) is 56.3 Å². The van der Waals surface area contributed by atoms with E-state index >= 15 is 0 Å². The number of aromatic nitrogens is 2. The minimum absolute atomic E-state index is 0.210. The standard InChI is InChI=1S/C25H23N3O3/c1-17(2)18-12-14-19(15-13-18)26-23(29)16-27-22-11-7-6-10-21(22)24(30)28(25(27)31)20-8-4-3-5-9-20/h3-15,17H,16H2,1-2H3,(H,26,29). The summed E-state index contributed by atoms with van der Waals surface area (Å²) in [5, 5.41) is 3.21. The zero-order valence-corrected chi connectivity index (χ0v) is 17.4. The second kappa shape index (κ2) is 8.44. The third-order valence-electron chi connectivity index (χ3n) is 5.23. The largest absolute Gasteiger partial charge is 0.336 e. The van der Waals surface area contributed by atoms with Crippen LogP contribution in [0.2, 0.25) is 0 Å². The van der Waals surface area contributed by atoms with Crippen LogP contribution >= 0.6 is 0 Å². The van der Waals surface area contributed by atoms with E-state index in [-0.39, 0.29) is 12.5 Å². The molecule has 6 nitrogen and oxygen atoms in total. The second-order valence-corrected chi connectivity index (χ2v) is 7.69. The second-order valence-electron chi connectivity index (χ2n) is 7.69. The van der Waals surface area contributed by atoms with Crippen molar-refractivity contribution in [2.24, 2.45) is 0 Å². The summed E-state index contributed by atoms with van der Waals surface area (Å²) >= 11 is 0. The van der Waals surface area contributed by atoms with Crippen LogP contribution < -0.4 is 16.6 Å². The summed E-state index contributed by atoms with van der Waals surface area (Å²) < 4.78 is 2.44. The van der Waals surface area contributed by atoms with Crippen LogP contribution in [0.5, 0.6) is 0 Å². The molecule has 4 rings (SSSR count). The van der Waals surface area contributed by atoms with E-state index in [1.165, 1.54) is 10.1 Å². The van der Waals surface area contributed by atoms with Gasteiger partial charge in [-0.15, -0.1) is 0 Å². The molecule has 3 aromatic carbocycles. The minimum atomic E-state index is -0.555. The smallest absolute Gasteiger partial charge is 0.325 e. The average molecular weight is 413 g/mol. The van der Waals surface area contributed by atoms with Crippen molar-refractivity contribution in [3.63, 3.8) is 0 Å². The van der Waals surface area contributed by atoms with Crippen molar-refractivity contribution in [2.45, 2.75) is 26.3 Å². The molecule has 0 aliphatic heterocycles. The van der Waals surface area contributed by atoms with Gasteiger partial charge < -0.3 is 5.32 Å². The maximum atomic E-state index is 13.3. The number of anilines is 1. The summed E-state index contributed by atoms with van der Waals surface area (Å²) in [4.78, 5) is 39.0. The van der Waals surface area contributed by atoms with Crippen molar-refractivity contribution >= 4 is 22.5 Å². The number of carbonyl (C=O) groups excluding carboxylic acids is 1. The average Bonchev–Trinajstić information content (AvgIpc) is 2.78. The van der Waals surface area contributed by atoms with E-state index in [9.17, 15) is 14.4 Å². The van der Waals surface area contributed by atoms with Crippen molar-refractivity contribution in [2.75, 3.05) is 5.32 Å². The molecule has 0 saturated heterocycles. The number of amides is 1. The van der Waals surface area contributed by atoms with Gasteiger partial charge in [0.1, 0.15) is 6.54 Å². The molecule has 0 bridgehead atoms. The number of carbonyl (C=O) groups is 1. The Bertz CT molecular complexity index is 1350. The van der Waals surface area contributed by atoms with E-state index in [1.54, 1.807) is 48.5 Å². The summed E-state index contributed by atoms with van der Waals surface area (Å²) in [7, 11) is 0. The van der Waals surface area contributed by atoms with Gasteiger partial charge in [-0.25, -0.2) is 9.36 Å². The molecule has 0 aliphatic carbocycles. The molecule has 31 heavy (non-hydrogen) atoms. The van der Waals surface area contributed by atoms with Gasteiger partial charge in [0, 0.05) is 5.69 Å². The Morgan fingerprint density at radius 2 is 1.52 bits per heavy atom. The lowest BCUT2D eigenvalue weighted by Gasteiger charge is -2.14. The lowest BCUT2D eigenvalue weighted by Crippen LogP contribution is -2.40. The zero-order valence-electron chi connectivity index (χ0n) is 17.4. The molecule has 1 heterocycles. The fourth-order valence-electron chi connectivity index (χ4n) is 3.57. The lowest BCUT2D eigenvalue weighted by molar-refractivity contribution is -0.116. The van der Waals surface area contributed by atoms with E-state index in [2.05, 4.69) is 19.2 Å². The van der Waals surface area contributed by atoms with E-state index in [0.29, 0.717) is 28.2 Å². The van der Waals surface area contributed by atoms with Crippen molar-refractivity contribution in [3.05, 3.63) is 105 Å². The fraction of sp³-hybridized carbons (Fsp3) is 0.160. The van der Waals surface area contributed by atoms with Crippen molar-refractivity contribution in [1.82, 2.24) is 9.13 Å². The highest BCUT2D eigenvalue weighted by Crippen LogP contribution is 2.17. The highest BCUT2D eigenvalue weighted by Gasteiger charge is 2.16. The van der Waals surface area contributed by atoms with Gasteiger partial charge in [-0.3, -0.25) is 14.2 Å². The first kappa shape index (κ1) is 20.3. The molecule has 0 fully saturated rings. The SMILES string of the molecule is CC(C)c1ccc(NC(=O)Cn2c(=O)n(-c3ccccc3)c(=O)c3ccccc32)cc1. The monoisotopic (exact) mass is 413 g/mol. The Labute approximate surface area is 179 Å². The molecule has 0 unspecified atom stereocenters. The molecule has 156 valence electrons. The van der Waals surface area contributed by atoms with Crippen molar-refractivity contribution in [1.29, 1.82) is 0 Å². The van der Waals surface area contributed by atoms with Crippen LogP contribution in [0.4, 0.5) is 5.69 Å². The first-order valence-electron chi connectivity index (χ1n) is 10.2. The van der Waals surface area contributed by atoms with E-state index in [4.69, 9.17) is 0 Å². The molecule has 0 radical (unpaired) electrons. The van der Waals surface area contributed by atoms with E-state index < -0.39 is 11.2 Å². The number of hydrogen-bond acceptors (Lipinski definition) is 3. The number of nitrogens with one attached hydrogen (secondary N) is 1. The topological polar surface area (TPSA) is 73.1 Å². The van der Waals surface area contributed by atoms with E-state index in [0.717, 1.165) is 4.57 Å². The first-order valence-corrected chi connectivity index (χ1v) is 10.2. The van der Waals surface area contributed by atoms with Crippen molar-refractivity contribution in [3.8, 4) is 5.69 Å². The summed E-state index contributed by atoms with van der Waals surface area (Å²) in [6.07, 6.45) is 0. The van der Waals surface area contributed by atoms with Gasteiger partial charge in [0.15, 0.2) is 0 Å². The van der Waals surface area contributed by atoms with E-state index in [1.807, 2.05) is 30.3 Å².